The highest BCUT2D eigenvalue weighted by atomic mass is 15.4. The van der Waals surface area contributed by atoms with Crippen LogP contribution in [0.1, 0.15) is 12.5 Å². The molecule has 0 fully saturated rings. The van der Waals surface area contributed by atoms with Gasteiger partial charge in [0.1, 0.15) is 6.54 Å². The first kappa shape index (κ1) is 21.6. The molecule has 0 aliphatic rings. The number of pyridine rings is 1. The van der Waals surface area contributed by atoms with Crippen molar-refractivity contribution in [2.45, 2.75) is 20.0 Å². The Morgan fingerprint density at radius 1 is 0.824 bits per heavy atom. The molecule has 0 amide bonds. The number of nitrogens with zero attached hydrogens (tertiary/aromatic N) is 3. The number of hydrogen-bond acceptors (Lipinski definition) is 4. The number of nitrogen functional groups attached to an aromatic ring is 1. The van der Waals surface area contributed by atoms with Crippen molar-refractivity contribution in [3.05, 3.63) is 96.6 Å². The predicted molar refractivity (Wildman–Crippen MR) is 140 cm³/mol. The van der Waals surface area contributed by atoms with Gasteiger partial charge >= 0.3 is 0 Å². The largest absolute Gasteiger partial charge is 0.399 e. The molecule has 1 aromatic heterocycles. The van der Waals surface area contributed by atoms with Crippen LogP contribution in [-0.4, -0.2) is 0 Å². The molecule has 5 N–H and O–H groups in total. The number of benzene rings is 4. The lowest BCUT2D eigenvalue weighted by Crippen LogP contribution is -2.36. The Bertz CT molecular complexity index is 1510. The first-order valence-electron chi connectivity index (χ1n) is 11.4. The van der Waals surface area contributed by atoms with Crippen LogP contribution in [0.2, 0.25) is 0 Å². The molecule has 34 heavy (non-hydrogen) atoms. The minimum absolute atomic E-state index is 0.483. The summed E-state index contributed by atoms with van der Waals surface area (Å²) < 4.78 is 2.32. The summed E-state index contributed by atoms with van der Waals surface area (Å²) in [6.45, 7) is 3.45. The van der Waals surface area contributed by atoms with E-state index in [0.717, 1.165) is 62.1 Å². The van der Waals surface area contributed by atoms with E-state index in [2.05, 4.69) is 75.8 Å². The van der Waals surface area contributed by atoms with Crippen LogP contribution in [0.25, 0.3) is 32.9 Å². The fourth-order valence-corrected chi connectivity index (χ4v) is 4.43. The van der Waals surface area contributed by atoms with Crippen LogP contribution in [0, 0.1) is 0 Å². The highest BCUT2D eigenvalue weighted by Gasteiger charge is 2.22. The lowest BCUT2D eigenvalue weighted by molar-refractivity contribution is -0.655. The third kappa shape index (κ3) is 4.07. The summed E-state index contributed by atoms with van der Waals surface area (Å²) in [5, 5.41) is 12.1. The zero-order valence-corrected chi connectivity index (χ0v) is 19.1. The van der Waals surface area contributed by atoms with Crippen molar-refractivity contribution in [3.8, 4) is 11.3 Å². The Hall–Kier alpha value is -4.29. The summed E-state index contributed by atoms with van der Waals surface area (Å²) in [6.07, 6.45) is 0. The molecule has 0 spiro atoms. The van der Waals surface area contributed by atoms with Crippen molar-refractivity contribution >= 4 is 38.7 Å². The van der Waals surface area contributed by atoms with Gasteiger partial charge in [-0.1, -0.05) is 41.6 Å². The standard InChI is InChI=1S/C28H26N6/c1-2-34-27-16-21(30)11-13-25(27)24-14-12-23(17-26(24)28(34)20-8-4-3-5-9-20)32-33-31-22-10-6-7-19(15-22)18-29/h3-17,30H,2,18,29H2,1H3,(H,31,32)/p+1. The summed E-state index contributed by atoms with van der Waals surface area (Å²) in [6, 6.07) is 30.6. The van der Waals surface area contributed by atoms with Crippen molar-refractivity contribution < 1.29 is 4.57 Å². The molecule has 0 saturated carbocycles. The minimum Gasteiger partial charge on any atom is -0.399 e. The van der Waals surface area contributed by atoms with Crippen molar-refractivity contribution in [2.24, 2.45) is 16.1 Å². The monoisotopic (exact) mass is 447 g/mol. The Morgan fingerprint density at radius 3 is 2.44 bits per heavy atom. The van der Waals surface area contributed by atoms with E-state index in [1.807, 2.05) is 42.5 Å². The number of nitrogens with two attached hydrogens (primary N) is 2. The highest BCUT2D eigenvalue weighted by molar-refractivity contribution is 6.10. The Labute approximate surface area is 198 Å². The van der Waals surface area contributed by atoms with E-state index in [0.29, 0.717) is 6.54 Å². The fourth-order valence-electron chi connectivity index (χ4n) is 4.43. The quantitative estimate of drug-likeness (QED) is 0.0962. The third-order valence-corrected chi connectivity index (χ3v) is 6.00. The maximum Gasteiger partial charge on any atom is 0.220 e. The number of fused-ring (bicyclic) bond motifs is 3. The van der Waals surface area contributed by atoms with Crippen LogP contribution in [-0.2, 0) is 13.1 Å². The molecule has 6 heteroatoms. The average Bonchev–Trinajstić information content (AvgIpc) is 2.88. The molecule has 0 unspecified atom stereocenters. The molecule has 0 bridgehead atoms. The number of aryl methyl sites for hydroxylation is 1. The molecule has 1 heterocycles. The topological polar surface area (TPSA) is 92.7 Å². The Morgan fingerprint density at radius 2 is 1.65 bits per heavy atom. The van der Waals surface area contributed by atoms with Gasteiger partial charge in [-0.15, -0.1) is 5.11 Å². The molecular weight excluding hydrogens is 420 g/mol. The van der Waals surface area contributed by atoms with Gasteiger partial charge in [0.25, 0.3) is 0 Å². The van der Waals surface area contributed by atoms with Gasteiger partial charge in [0.2, 0.25) is 11.2 Å². The van der Waals surface area contributed by atoms with Crippen molar-refractivity contribution in [2.75, 3.05) is 11.2 Å². The highest BCUT2D eigenvalue weighted by Crippen LogP contribution is 2.34. The van der Waals surface area contributed by atoms with Crippen molar-refractivity contribution in [3.63, 3.8) is 0 Å². The predicted octanol–water partition coefficient (Wildman–Crippen LogP) is 6.12. The summed E-state index contributed by atoms with van der Waals surface area (Å²) in [4.78, 5) is 0. The maximum absolute atomic E-state index is 6.17. The molecule has 5 rings (SSSR count). The molecule has 6 nitrogen and oxygen atoms in total. The van der Waals surface area contributed by atoms with E-state index in [-0.39, 0.29) is 0 Å². The van der Waals surface area contributed by atoms with E-state index in [4.69, 9.17) is 11.5 Å². The smallest absolute Gasteiger partial charge is 0.220 e. The molecule has 0 aliphatic carbocycles. The summed E-state index contributed by atoms with van der Waals surface area (Å²) >= 11 is 0. The van der Waals surface area contributed by atoms with Gasteiger partial charge in [-0.2, -0.15) is 4.57 Å². The van der Waals surface area contributed by atoms with Gasteiger partial charge < -0.3 is 11.5 Å². The van der Waals surface area contributed by atoms with Gasteiger partial charge in [0.05, 0.1) is 22.1 Å². The number of anilines is 2. The first-order chi connectivity index (χ1) is 16.7. The number of hydrogen-bond donors (Lipinski definition) is 3. The van der Waals surface area contributed by atoms with Gasteiger partial charge in [-0.05, 0) is 61.0 Å². The summed E-state index contributed by atoms with van der Waals surface area (Å²) in [5.41, 5.74) is 21.7. The maximum atomic E-state index is 6.17. The fraction of sp³-hybridized carbons (Fsp3) is 0.107. The van der Waals surface area contributed by atoms with Crippen LogP contribution in [0.15, 0.2) is 101 Å². The van der Waals surface area contributed by atoms with Crippen molar-refractivity contribution in [1.29, 1.82) is 0 Å². The second-order valence-electron chi connectivity index (χ2n) is 8.18. The first-order valence-corrected chi connectivity index (χ1v) is 11.4. The normalized spacial score (nSPS) is 11.5. The SMILES string of the molecule is CC[n+]1c(-c2ccccc2)c2cc(N=NNc3cccc(CN)c3)ccc2c2ccc(N)cc21. The van der Waals surface area contributed by atoms with E-state index in [1.54, 1.807) is 0 Å². The molecule has 4 aromatic carbocycles. The van der Waals surface area contributed by atoms with E-state index < -0.39 is 0 Å². The number of aromatic nitrogens is 1. The van der Waals surface area contributed by atoms with E-state index in [9.17, 15) is 0 Å². The second-order valence-corrected chi connectivity index (χ2v) is 8.18. The minimum atomic E-state index is 0.483. The third-order valence-electron chi connectivity index (χ3n) is 6.00. The van der Waals surface area contributed by atoms with Crippen LogP contribution in [0.4, 0.5) is 17.1 Å². The Balaban J connectivity index is 1.66. The van der Waals surface area contributed by atoms with Gasteiger partial charge in [-0.25, -0.2) is 0 Å². The zero-order chi connectivity index (χ0) is 23.5. The second kappa shape index (κ2) is 9.29. The molecule has 0 atom stereocenters. The summed E-state index contributed by atoms with van der Waals surface area (Å²) in [5.74, 6) is 0. The van der Waals surface area contributed by atoms with Gasteiger partial charge in [0.15, 0.2) is 0 Å². The molecule has 0 aliphatic heterocycles. The van der Waals surface area contributed by atoms with Crippen LogP contribution >= 0.6 is 0 Å². The lowest BCUT2D eigenvalue weighted by atomic mass is 9.98. The van der Waals surface area contributed by atoms with Gasteiger partial charge in [-0.3, -0.25) is 5.43 Å². The Kier molecular flexibility index (Phi) is 5.89. The lowest BCUT2D eigenvalue weighted by Gasteiger charge is -2.12. The molecule has 0 radical (unpaired) electrons. The van der Waals surface area contributed by atoms with E-state index in [1.165, 1.54) is 0 Å². The summed E-state index contributed by atoms with van der Waals surface area (Å²) in [7, 11) is 0. The van der Waals surface area contributed by atoms with Gasteiger partial charge in [0, 0.05) is 29.2 Å². The molecule has 168 valence electrons. The van der Waals surface area contributed by atoms with Crippen LogP contribution in [0.5, 0.6) is 0 Å². The number of nitrogens with one attached hydrogen (secondary N) is 1. The molecule has 5 aromatic rings. The number of rotatable bonds is 6. The molecule has 0 saturated heterocycles. The average molecular weight is 448 g/mol. The zero-order valence-electron chi connectivity index (χ0n) is 19.1. The van der Waals surface area contributed by atoms with E-state index >= 15 is 0 Å². The van der Waals surface area contributed by atoms with Crippen molar-refractivity contribution in [1.82, 2.24) is 0 Å². The molecular formula is C28H27N6+. The van der Waals surface area contributed by atoms with Crippen LogP contribution in [0.3, 0.4) is 0 Å². The van der Waals surface area contributed by atoms with Crippen LogP contribution < -0.4 is 21.5 Å².